The van der Waals surface area contributed by atoms with Crippen LogP contribution in [-0.4, -0.2) is 45.9 Å². The quantitative estimate of drug-likeness (QED) is 0.591. The van der Waals surface area contributed by atoms with Gasteiger partial charge in [-0.1, -0.05) is 6.42 Å². The Hall–Kier alpha value is -2.61. The number of amides is 1. The highest BCUT2D eigenvalue weighted by Crippen LogP contribution is 2.37. The number of nitrogens with one attached hydrogen (secondary N) is 2. The number of rotatable bonds is 7. The first-order valence-corrected chi connectivity index (χ1v) is 12.7. The van der Waals surface area contributed by atoms with E-state index in [1.807, 2.05) is 0 Å². The van der Waals surface area contributed by atoms with Gasteiger partial charge >= 0.3 is 0 Å². The van der Waals surface area contributed by atoms with E-state index < -0.39 is 16.1 Å². The summed E-state index contributed by atoms with van der Waals surface area (Å²) < 4.78 is 31.6. The number of hydrogen-bond acceptors (Lipinski definition) is 7. The van der Waals surface area contributed by atoms with Crippen LogP contribution in [0.1, 0.15) is 42.2 Å². The van der Waals surface area contributed by atoms with Gasteiger partial charge in [-0.15, -0.1) is 11.3 Å². The summed E-state index contributed by atoms with van der Waals surface area (Å²) in [6, 6.07) is 6.26. The largest absolute Gasteiger partial charge is 0.495 e. The molecular formula is C22H28N4O4S2. The van der Waals surface area contributed by atoms with Crippen LogP contribution >= 0.6 is 11.3 Å². The van der Waals surface area contributed by atoms with Gasteiger partial charge in [-0.05, 0) is 56.4 Å². The van der Waals surface area contributed by atoms with Gasteiger partial charge in [0.1, 0.15) is 27.8 Å². The monoisotopic (exact) mass is 476 g/mol. The average Bonchev–Trinajstić information content (AvgIpc) is 2.92. The van der Waals surface area contributed by atoms with E-state index in [1.54, 1.807) is 19.1 Å². The lowest BCUT2D eigenvalue weighted by atomic mass is 10.1. The summed E-state index contributed by atoms with van der Waals surface area (Å²) in [5.41, 5.74) is 2.10. The Bertz CT molecular complexity index is 1150. The maximum absolute atomic E-state index is 12.9. The molecule has 0 saturated heterocycles. The molecule has 10 heteroatoms. The molecule has 1 atom stereocenters. The number of carbonyl (C=O) groups excluding carboxylic acids is 1. The number of nitriles is 1. The Kier molecular flexibility index (Phi) is 7.44. The molecule has 2 N–H and O–H groups in total. The lowest BCUT2D eigenvalue weighted by Crippen LogP contribution is -2.32. The first-order valence-electron chi connectivity index (χ1n) is 10.4. The fourth-order valence-electron chi connectivity index (χ4n) is 3.65. The Morgan fingerprint density at radius 1 is 1.25 bits per heavy atom. The van der Waals surface area contributed by atoms with Crippen molar-refractivity contribution in [3.8, 4) is 11.8 Å². The highest BCUT2D eigenvalue weighted by Gasteiger charge is 2.25. The van der Waals surface area contributed by atoms with Gasteiger partial charge in [0.15, 0.2) is 0 Å². The van der Waals surface area contributed by atoms with Crippen molar-refractivity contribution in [3.05, 3.63) is 34.2 Å². The average molecular weight is 477 g/mol. The van der Waals surface area contributed by atoms with Crippen molar-refractivity contribution in [2.45, 2.75) is 50.0 Å². The predicted molar refractivity (Wildman–Crippen MR) is 126 cm³/mol. The van der Waals surface area contributed by atoms with E-state index in [0.29, 0.717) is 16.3 Å². The summed E-state index contributed by atoms with van der Waals surface area (Å²) in [4.78, 5) is 14.0. The molecule has 1 aliphatic rings. The molecule has 0 aliphatic heterocycles. The summed E-state index contributed by atoms with van der Waals surface area (Å²) in [5, 5.41) is 16.2. The molecule has 2 aromatic rings. The zero-order valence-electron chi connectivity index (χ0n) is 18.7. The molecule has 3 rings (SSSR count). The molecule has 0 fully saturated rings. The minimum atomic E-state index is -3.73. The van der Waals surface area contributed by atoms with Crippen molar-refractivity contribution in [1.29, 1.82) is 5.26 Å². The third kappa shape index (κ3) is 4.90. The van der Waals surface area contributed by atoms with Gasteiger partial charge in [0.05, 0.1) is 12.7 Å². The van der Waals surface area contributed by atoms with E-state index in [1.165, 1.54) is 43.5 Å². The zero-order valence-corrected chi connectivity index (χ0v) is 20.3. The fraction of sp³-hybridized carbons (Fsp3) is 0.455. The summed E-state index contributed by atoms with van der Waals surface area (Å²) >= 11 is 1.48. The normalized spacial score (nSPS) is 14.8. The summed E-state index contributed by atoms with van der Waals surface area (Å²) in [7, 11) is 0.568. The van der Waals surface area contributed by atoms with Crippen LogP contribution in [0.5, 0.6) is 5.75 Å². The number of carbonyl (C=O) groups is 1. The molecule has 32 heavy (non-hydrogen) atoms. The van der Waals surface area contributed by atoms with Crippen LogP contribution in [0, 0.1) is 11.3 Å². The lowest BCUT2D eigenvalue weighted by Gasteiger charge is -2.18. The number of aryl methyl sites for hydroxylation is 1. The van der Waals surface area contributed by atoms with Crippen molar-refractivity contribution >= 4 is 38.0 Å². The molecule has 0 radical (unpaired) electrons. The molecule has 1 amide bonds. The smallest absolute Gasteiger partial charge is 0.247 e. The SMILES string of the molecule is COc1ccc(N[C@@H](C)C(=O)Nc2sc3c(c2C#N)CCCCC3)cc1S(=O)(=O)N(C)C. The van der Waals surface area contributed by atoms with Crippen LogP contribution in [-0.2, 0) is 27.7 Å². The molecule has 1 aliphatic carbocycles. The molecule has 0 unspecified atom stereocenters. The first-order chi connectivity index (χ1) is 15.2. The van der Waals surface area contributed by atoms with Gasteiger partial charge < -0.3 is 15.4 Å². The topological polar surface area (TPSA) is 112 Å². The Morgan fingerprint density at radius 3 is 2.62 bits per heavy atom. The van der Waals surface area contributed by atoms with Crippen molar-refractivity contribution in [3.63, 3.8) is 0 Å². The molecule has 1 aromatic carbocycles. The minimum absolute atomic E-state index is 0.0105. The van der Waals surface area contributed by atoms with Crippen LogP contribution in [0.3, 0.4) is 0 Å². The number of hydrogen-bond donors (Lipinski definition) is 2. The summed E-state index contributed by atoms with van der Waals surface area (Å²) in [5.74, 6) is -0.0779. The number of sulfonamides is 1. The maximum atomic E-state index is 12.9. The molecule has 0 spiro atoms. The van der Waals surface area contributed by atoms with Crippen LogP contribution in [0.25, 0.3) is 0 Å². The highest BCUT2D eigenvalue weighted by atomic mass is 32.2. The van der Waals surface area contributed by atoms with Crippen molar-refractivity contribution < 1.29 is 17.9 Å². The number of methoxy groups -OCH3 is 1. The second-order valence-electron chi connectivity index (χ2n) is 7.89. The van der Waals surface area contributed by atoms with Crippen LogP contribution in [0.15, 0.2) is 23.1 Å². The maximum Gasteiger partial charge on any atom is 0.247 e. The molecule has 1 aromatic heterocycles. The van der Waals surface area contributed by atoms with Gasteiger partial charge in [-0.2, -0.15) is 5.26 Å². The lowest BCUT2D eigenvalue weighted by molar-refractivity contribution is -0.116. The molecule has 172 valence electrons. The van der Waals surface area contributed by atoms with E-state index in [2.05, 4.69) is 16.7 Å². The van der Waals surface area contributed by atoms with Crippen LogP contribution in [0.2, 0.25) is 0 Å². The third-order valence-electron chi connectivity index (χ3n) is 5.47. The van der Waals surface area contributed by atoms with E-state index in [0.717, 1.165) is 42.0 Å². The van der Waals surface area contributed by atoms with Gasteiger partial charge in [0.25, 0.3) is 0 Å². The molecule has 0 bridgehead atoms. The molecular weight excluding hydrogens is 448 g/mol. The molecule has 1 heterocycles. The number of benzene rings is 1. The summed E-state index contributed by atoms with van der Waals surface area (Å²) in [6.45, 7) is 1.68. The van der Waals surface area contributed by atoms with E-state index in [4.69, 9.17) is 4.74 Å². The van der Waals surface area contributed by atoms with Crippen molar-refractivity contribution in [1.82, 2.24) is 4.31 Å². The third-order valence-corrected chi connectivity index (χ3v) is 8.51. The van der Waals surface area contributed by atoms with Crippen molar-refractivity contribution in [2.24, 2.45) is 0 Å². The zero-order chi connectivity index (χ0) is 23.5. The number of anilines is 2. The predicted octanol–water partition coefficient (Wildman–Crippen LogP) is 3.59. The standard InChI is InChI=1S/C22H28N4O4S2/c1-14(24-15-10-11-18(30-4)20(12-15)32(28,29)26(2)3)21(27)25-22-17(13-23)16-8-6-5-7-9-19(16)31-22/h10-12,14,24H,5-9H2,1-4H3,(H,25,27)/t14-/m0/s1. The Labute approximate surface area is 193 Å². The minimum Gasteiger partial charge on any atom is -0.495 e. The Balaban J connectivity index is 1.79. The first kappa shape index (κ1) is 24.0. The Morgan fingerprint density at radius 2 is 1.97 bits per heavy atom. The number of thiophene rings is 1. The number of nitrogens with zero attached hydrogens (tertiary/aromatic N) is 2. The number of fused-ring (bicyclic) bond motifs is 1. The second-order valence-corrected chi connectivity index (χ2v) is 11.1. The summed E-state index contributed by atoms with van der Waals surface area (Å²) in [6.07, 6.45) is 5.11. The van der Waals surface area contributed by atoms with Gasteiger partial charge in [0.2, 0.25) is 15.9 Å². The molecule has 8 nitrogen and oxygen atoms in total. The highest BCUT2D eigenvalue weighted by molar-refractivity contribution is 7.89. The van der Waals surface area contributed by atoms with Gasteiger partial charge in [-0.25, -0.2) is 12.7 Å². The number of ether oxygens (including phenoxy) is 1. The van der Waals surface area contributed by atoms with E-state index >= 15 is 0 Å². The molecule has 0 saturated carbocycles. The van der Waals surface area contributed by atoms with E-state index in [-0.39, 0.29) is 16.6 Å². The van der Waals surface area contributed by atoms with Crippen LogP contribution < -0.4 is 15.4 Å². The fourth-order valence-corrected chi connectivity index (χ4v) is 5.97. The van der Waals surface area contributed by atoms with Crippen LogP contribution in [0.4, 0.5) is 10.7 Å². The van der Waals surface area contributed by atoms with E-state index in [9.17, 15) is 18.5 Å². The van der Waals surface area contributed by atoms with Crippen molar-refractivity contribution in [2.75, 3.05) is 31.8 Å². The second kappa shape index (κ2) is 9.90. The van der Waals surface area contributed by atoms with Gasteiger partial charge in [0, 0.05) is 24.7 Å². The van der Waals surface area contributed by atoms with Gasteiger partial charge in [-0.3, -0.25) is 4.79 Å².